The van der Waals surface area contributed by atoms with E-state index in [1.165, 1.54) is 6.42 Å². The highest BCUT2D eigenvalue weighted by atomic mass is 16.3. The smallest absolute Gasteiger partial charge is 0.224 e. The lowest BCUT2D eigenvalue weighted by atomic mass is 9.77. The molecule has 1 aliphatic rings. The van der Waals surface area contributed by atoms with E-state index >= 15 is 0 Å². The molecular weight excluding hydrogens is 378 g/mol. The molecule has 0 radical (unpaired) electrons. The van der Waals surface area contributed by atoms with Crippen molar-refractivity contribution in [3.8, 4) is 0 Å². The Kier molecular flexibility index (Phi) is 9.31. The Morgan fingerprint density at radius 3 is 2.37 bits per heavy atom. The Labute approximate surface area is 181 Å². The number of aliphatic hydroxyl groups is 1. The number of rotatable bonds is 9. The monoisotopic (exact) mass is 417 g/mol. The van der Waals surface area contributed by atoms with Gasteiger partial charge in [0.15, 0.2) is 0 Å². The van der Waals surface area contributed by atoms with E-state index in [1.807, 2.05) is 51.1 Å². The zero-order valence-corrected chi connectivity index (χ0v) is 18.7. The van der Waals surface area contributed by atoms with Gasteiger partial charge in [-0.3, -0.25) is 9.59 Å². The molecule has 3 atom stereocenters. The summed E-state index contributed by atoms with van der Waals surface area (Å²) in [7, 11) is 0. The lowest BCUT2D eigenvalue weighted by Crippen LogP contribution is -2.48. The van der Waals surface area contributed by atoms with Gasteiger partial charge in [-0.05, 0) is 30.2 Å². The highest BCUT2D eigenvalue weighted by Gasteiger charge is 2.34. The van der Waals surface area contributed by atoms with Gasteiger partial charge in [-0.1, -0.05) is 70.4 Å². The molecule has 1 saturated carbocycles. The molecule has 0 unspecified atom stereocenters. The summed E-state index contributed by atoms with van der Waals surface area (Å²) in [6.07, 6.45) is 5.39. The number of amides is 2. The Morgan fingerprint density at radius 1 is 1.13 bits per heavy atom. The third-order valence-electron chi connectivity index (χ3n) is 6.02. The maximum absolute atomic E-state index is 12.9. The first kappa shape index (κ1) is 24.4. The van der Waals surface area contributed by atoms with Gasteiger partial charge in [0.1, 0.15) is 0 Å². The first-order valence-corrected chi connectivity index (χ1v) is 11.2. The van der Waals surface area contributed by atoms with Crippen molar-refractivity contribution in [2.75, 3.05) is 6.54 Å². The number of aliphatic hydroxyl groups excluding tert-OH is 1. The predicted octanol–water partition coefficient (Wildman–Crippen LogP) is 2.53. The molecule has 1 aromatic carbocycles. The average Bonchev–Trinajstić information content (AvgIpc) is 2.70. The molecule has 0 bridgehead atoms. The standard InChI is InChI=1S/C24H39N3O3/c1-24(2,3)19(15-22(29)27-18-12-8-5-9-13-18)23(30)26-16-21(28)20(25)14-17-10-6-4-7-11-17/h4,6-7,10-11,18-21,28H,5,8-9,12-16,25H2,1-3H3,(H,26,30)(H,27,29)/t19-,20-,21+/m0/s1. The predicted molar refractivity (Wildman–Crippen MR) is 120 cm³/mol. The molecule has 2 rings (SSSR count). The van der Waals surface area contributed by atoms with E-state index in [2.05, 4.69) is 10.6 Å². The van der Waals surface area contributed by atoms with E-state index < -0.39 is 18.1 Å². The van der Waals surface area contributed by atoms with Gasteiger partial charge in [-0.25, -0.2) is 0 Å². The van der Waals surface area contributed by atoms with Gasteiger partial charge in [0.2, 0.25) is 11.8 Å². The van der Waals surface area contributed by atoms with Crippen molar-refractivity contribution in [2.24, 2.45) is 17.1 Å². The summed E-state index contributed by atoms with van der Waals surface area (Å²) in [6, 6.07) is 9.48. The molecule has 0 saturated heterocycles. The summed E-state index contributed by atoms with van der Waals surface area (Å²) in [6.45, 7) is 5.96. The third kappa shape index (κ3) is 8.07. The van der Waals surface area contributed by atoms with Crippen molar-refractivity contribution in [1.29, 1.82) is 0 Å². The second-order valence-electron chi connectivity index (χ2n) is 9.69. The van der Waals surface area contributed by atoms with Crippen molar-refractivity contribution in [2.45, 2.75) is 83.9 Å². The molecule has 6 nitrogen and oxygen atoms in total. The van der Waals surface area contributed by atoms with Gasteiger partial charge in [-0.2, -0.15) is 0 Å². The van der Waals surface area contributed by atoms with Crippen LogP contribution in [0.15, 0.2) is 30.3 Å². The van der Waals surface area contributed by atoms with Gasteiger partial charge >= 0.3 is 0 Å². The van der Waals surface area contributed by atoms with Crippen LogP contribution in [-0.2, 0) is 16.0 Å². The van der Waals surface area contributed by atoms with Gasteiger partial charge in [0.25, 0.3) is 0 Å². The molecule has 1 fully saturated rings. The quantitative estimate of drug-likeness (QED) is 0.495. The molecule has 0 spiro atoms. The molecule has 0 aromatic heterocycles. The van der Waals surface area contributed by atoms with Crippen molar-refractivity contribution in [3.63, 3.8) is 0 Å². The summed E-state index contributed by atoms with van der Waals surface area (Å²) >= 11 is 0. The van der Waals surface area contributed by atoms with Crippen LogP contribution in [0.2, 0.25) is 0 Å². The number of hydrogen-bond acceptors (Lipinski definition) is 4. The van der Waals surface area contributed by atoms with Gasteiger partial charge < -0.3 is 21.5 Å². The molecular formula is C24H39N3O3. The average molecular weight is 418 g/mol. The fourth-order valence-electron chi connectivity index (χ4n) is 4.01. The maximum Gasteiger partial charge on any atom is 0.224 e. The molecule has 1 aromatic rings. The second-order valence-corrected chi connectivity index (χ2v) is 9.69. The first-order chi connectivity index (χ1) is 14.2. The summed E-state index contributed by atoms with van der Waals surface area (Å²) in [4.78, 5) is 25.4. The molecule has 2 amide bonds. The molecule has 5 N–H and O–H groups in total. The number of carbonyl (C=O) groups excluding carboxylic acids is 2. The summed E-state index contributed by atoms with van der Waals surface area (Å²) in [5.74, 6) is -0.760. The van der Waals surface area contributed by atoms with Crippen LogP contribution in [0.1, 0.15) is 64.9 Å². The van der Waals surface area contributed by atoms with Crippen LogP contribution < -0.4 is 16.4 Å². The molecule has 0 heterocycles. The van der Waals surface area contributed by atoms with Crippen molar-refractivity contribution in [1.82, 2.24) is 10.6 Å². The Bertz CT molecular complexity index is 666. The van der Waals surface area contributed by atoms with E-state index in [4.69, 9.17) is 5.73 Å². The van der Waals surface area contributed by atoms with E-state index in [0.29, 0.717) is 6.42 Å². The number of nitrogens with two attached hydrogens (primary N) is 1. The van der Waals surface area contributed by atoms with E-state index in [-0.39, 0.29) is 36.2 Å². The molecule has 1 aliphatic carbocycles. The van der Waals surface area contributed by atoms with Crippen LogP contribution in [0.3, 0.4) is 0 Å². The van der Waals surface area contributed by atoms with Crippen LogP contribution in [-0.4, -0.2) is 41.7 Å². The second kappa shape index (κ2) is 11.5. The van der Waals surface area contributed by atoms with E-state index in [1.54, 1.807) is 0 Å². The number of benzene rings is 1. The van der Waals surface area contributed by atoms with E-state index in [0.717, 1.165) is 31.2 Å². The lowest BCUT2D eigenvalue weighted by molar-refractivity contribution is -0.134. The zero-order valence-electron chi connectivity index (χ0n) is 18.7. The number of hydrogen-bond donors (Lipinski definition) is 4. The summed E-state index contributed by atoms with van der Waals surface area (Å²) in [5.41, 5.74) is 6.79. The fourth-order valence-corrected chi connectivity index (χ4v) is 4.01. The van der Waals surface area contributed by atoms with Crippen LogP contribution >= 0.6 is 0 Å². The molecule has 30 heavy (non-hydrogen) atoms. The highest BCUT2D eigenvalue weighted by Crippen LogP contribution is 2.29. The number of carbonyl (C=O) groups is 2. The molecule has 0 aliphatic heterocycles. The van der Waals surface area contributed by atoms with Crippen molar-refractivity contribution in [3.05, 3.63) is 35.9 Å². The Morgan fingerprint density at radius 2 is 1.77 bits per heavy atom. The normalized spacial score (nSPS) is 18.3. The Balaban J connectivity index is 1.85. The first-order valence-electron chi connectivity index (χ1n) is 11.2. The molecule has 168 valence electrons. The van der Waals surface area contributed by atoms with Crippen LogP contribution in [0.5, 0.6) is 0 Å². The Hall–Kier alpha value is -1.92. The fraction of sp³-hybridized carbons (Fsp3) is 0.667. The third-order valence-corrected chi connectivity index (χ3v) is 6.02. The van der Waals surface area contributed by atoms with Gasteiger partial charge in [-0.15, -0.1) is 0 Å². The highest BCUT2D eigenvalue weighted by molar-refractivity contribution is 5.86. The summed E-state index contributed by atoms with van der Waals surface area (Å²) < 4.78 is 0. The number of nitrogens with one attached hydrogen (secondary N) is 2. The minimum atomic E-state index is -0.856. The lowest BCUT2D eigenvalue weighted by Gasteiger charge is -2.31. The minimum absolute atomic E-state index is 0.0710. The maximum atomic E-state index is 12.9. The largest absolute Gasteiger partial charge is 0.390 e. The van der Waals surface area contributed by atoms with E-state index in [9.17, 15) is 14.7 Å². The van der Waals surface area contributed by atoms with Gasteiger partial charge in [0, 0.05) is 25.0 Å². The van der Waals surface area contributed by atoms with Crippen LogP contribution in [0, 0.1) is 11.3 Å². The van der Waals surface area contributed by atoms with Crippen molar-refractivity contribution >= 4 is 11.8 Å². The SMILES string of the molecule is CC(C)(C)[C@@H](CC(=O)NC1CCCCC1)C(=O)NC[C@@H](O)[C@@H](N)Cc1ccccc1. The molecule has 6 heteroatoms. The van der Waals surface area contributed by atoms with Crippen molar-refractivity contribution < 1.29 is 14.7 Å². The zero-order chi connectivity index (χ0) is 22.1. The topological polar surface area (TPSA) is 104 Å². The van der Waals surface area contributed by atoms with Crippen LogP contribution in [0.4, 0.5) is 0 Å². The summed E-state index contributed by atoms with van der Waals surface area (Å²) in [5, 5.41) is 16.3. The minimum Gasteiger partial charge on any atom is -0.390 e. The van der Waals surface area contributed by atoms with Gasteiger partial charge in [0.05, 0.1) is 12.0 Å². The van der Waals surface area contributed by atoms with Crippen LogP contribution in [0.25, 0.3) is 0 Å².